The van der Waals surface area contributed by atoms with Gasteiger partial charge in [-0.25, -0.2) is 4.79 Å². The fourth-order valence-corrected chi connectivity index (χ4v) is 4.91. The molecule has 0 saturated heterocycles. The van der Waals surface area contributed by atoms with Crippen LogP contribution in [0.15, 0.2) is 72.8 Å². The van der Waals surface area contributed by atoms with Crippen LogP contribution in [-0.2, 0) is 20.7 Å². The van der Waals surface area contributed by atoms with E-state index in [1.165, 1.54) is 0 Å². The van der Waals surface area contributed by atoms with Crippen LogP contribution in [0.2, 0.25) is 0 Å². The molecular formula is C35H45N3O5. The Balaban J connectivity index is 2.10. The van der Waals surface area contributed by atoms with E-state index in [2.05, 4.69) is 10.6 Å². The minimum Gasteiger partial charge on any atom is -0.497 e. The van der Waals surface area contributed by atoms with Crippen molar-refractivity contribution in [2.75, 3.05) is 12.4 Å². The van der Waals surface area contributed by atoms with E-state index in [1.807, 2.05) is 76.2 Å². The van der Waals surface area contributed by atoms with E-state index < -0.39 is 23.8 Å². The summed E-state index contributed by atoms with van der Waals surface area (Å²) in [6, 6.07) is 20.1. The first-order valence-corrected chi connectivity index (χ1v) is 14.7. The molecule has 0 aliphatic heterocycles. The number of carbonyl (C=O) groups excluding carboxylic acids is 3. The summed E-state index contributed by atoms with van der Waals surface area (Å²) < 4.78 is 10.8. The van der Waals surface area contributed by atoms with E-state index in [4.69, 9.17) is 9.47 Å². The molecule has 0 aliphatic rings. The number of amides is 3. The fourth-order valence-electron chi connectivity index (χ4n) is 4.91. The summed E-state index contributed by atoms with van der Waals surface area (Å²) >= 11 is 0. The average molecular weight is 588 g/mol. The number of ether oxygens (including phenoxy) is 2. The normalized spacial score (nSPS) is 13.3. The van der Waals surface area contributed by atoms with Gasteiger partial charge in [-0.1, -0.05) is 61.0 Å². The molecule has 3 unspecified atom stereocenters. The Labute approximate surface area is 255 Å². The molecule has 0 heterocycles. The van der Waals surface area contributed by atoms with Crippen LogP contribution in [0.25, 0.3) is 0 Å². The highest BCUT2D eigenvalue weighted by atomic mass is 16.6. The number of benzene rings is 3. The van der Waals surface area contributed by atoms with Crippen molar-refractivity contribution in [2.24, 2.45) is 0 Å². The minimum atomic E-state index is -0.978. The van der Waals surface area contributed by atoms with E-state index in [9.17, 15) is 14.4 Å². The highest BCUT2D eigenvalue weighted by Crippen LogP contribution is 2.31. The van der Waals surface area contributed by atoms with Crippen molar-refractivity contribution < 1.29 is 23.9 Å². The van der Waals surface area contributed by atoms with Crippen molar-refractivity contribution in [3.63, 3.8) is 0 Å². The molecule has 0 aromatic heterocycles. The van der Waals surface area contributed by atoms with Crippen molar-refractivity contribution in [2.45, 2.75) is 85.0 Å². The SMILES string of the molecule is CCC(C)N(C(=O)C(Cc1ccccc1)NC(=O)OC(C)(C)C)C(C(=O)Nc1ccc(OC)cc1)c1ccc(C)cc1C. The third-order valence-electron chi connectivity index (χ3n) is 7.20. The number of alkyl carbamates (subject to hydrolysis) is 1. The molecule has 0 saturated carbocycles. The van der Waals surface area contributed by atoms with Crippen LogP contribution in [0.4, 0.5) is 10.5 Å². The Morgan fingerprint density at radius 3 is 2.14 bits per heavy atom. The van der Waals surface area contributed by atoms with Gasteiger partial charge in [0.2, 0.25) is 5.91 Å². The number of nitrogens with one attached hydrogen (secondary N) is 2. The fraction of sp³-hybridized carbons (Fsp3) is 0.400. The van der Waals surface area contributed by atoms with Gasteiger partial charge in [-0.05, 0) is 88.9 Å². The Kier molecular flexibility index (Phi) is 11.4. The number of methoxy groups -OCH3 is 1. The van der Waals surface area contributed by atoms with Gasteiger partial charge >= 0.3 is 6.09 Å². The molecule has 3 aromatic carbocycles. The number of hydrogen-bond acceptors (Lipinski definition) is 5. The maximum atomic E-state index is 14.6. The molecule has 230 valence electrons. The zero-order chi connectivity index (χ0) is 31.7. The topological polar surface area (TPSA) is 97.0 Å². The second kappa shape index (κ2) is 14.7. The predicted molar refractivity (Wildman–Crippen MR) is 170 cm³/mol. The Bertz CT molecular complexity index is 1380. The summed E-state index contributed by atoms with van der Waals surface area (Å²) in [7, 11) is 1.58. The second-order valence-electron chi connectivity index (χ2n) is 11.9. The number of rotatable bonds is 11. The predicted octanol–water partition coefficient (Wildman–Crippen LogP) is 6.75. The lowest BCUT2D eigenvalue weighted by Crippen LogP contribution is -2.55. The Hall–Kier alpha value is -4.33. The molecule has 43 heavy (non-hydrogen) atoms. The summed E-state index contributed by atoms with van der Waals surface area (Å²) in [5.41, 5.74) is 3.33. The van der Waals surface area contributed by atoms with Crippen molar-refractivity contribution >= 4 is 23.6 Å². The van der Waals surface area contributed by atoms with Crippen LogP contribution >= 0.6 is 0 Å². The first-order chi connectivity index (χ1) is 20.3. The van der Waals surface area contributed by atoms with Crippen LogP contribution in [0.1, 0.15) is 69.3 Å². The second-order valence-corrected chi connectivity index (χ2v) is 11.9. The number of aryl methyl sites for hydroxylation is 2. The van der Waals surface area contributed by atoms with Gasteiger partial charge in [0.1, 0.15) is 23.4 Å². The Morgan fingerprint density at radius 2 is 1.58 bits per heavy atom. The van der Waals surface area contributed by atoms with E-state index >= 15 is 0 Å². The molecule has 0 fully saturated rings. The van der Waals surface area contributed by atoms with Gasteiger partial charge in [0, 0.05) is 18.2 Å². The van der Waals surface area contributed by atoms with Crippen molar-refractivity contribution in [1.82, 2.24) is 10.2 Å². The number of anilines is 1. The molecule has 3 amide bonds. The van der Waals surface area contributed by atoms with Gasteiger partial charge in [-0.3, -0.25) is 9.59 Å². The van der Waals surface area contributed by atoms with E-state index in [0.717, 1.165) is 16.7 Å². The molecule has 3 atom stereocenters. The maximum Gasteiger partial charge on any atom is 0.408 e. The standard InChI is InChI=1S/C35H45N3O5/c1-9-25(4)38(33(40)30(22-26-13-11-10-12-14-26)37-34(41)43-35(5,6)7)31(29-20-15-23(2)21-24(29)3)32(39)36-27-16-18-28(42-8)19-17-27/h10-21,25,30-31H,9,22H2,1-8H3,(H,36,39)(H,37,41). The zero-order valence-electron chi connectivity index (χ0n) is 26.6. The lowest BCUT2D eigenvalue weighted by atomic mass is 9.94. The van der Waals surface area contributed by atoms with Crippen molar-refractivity contribution in [3.05, 3.63) is 95.1 Å². The van der Waals surface area contributed by atoms with Gasteiger partial charge < -0.3 is 25.0 Å². The van der Waals surface area contributed by atoms with Crippen LogP contribution in [-0.4, -0.2) is 47.6 Å². The van der Waals surface area contributed by atoms with Gasteiger partial charge in [0.25, 0.3) is 5.91 Å². The van der Waals surface area contributed by atoms with Crippen molar-refractivity contribution in [1.29, 1.82) is 0 Å². The van der Waals surface area contributed by atoms with Crippen LogP contribution in [0, 0.1) is 13.8 Å². The van der Waals surface area contributed by atoms with Gasteiger partial charge in [-0.15, -0.1) is 0 Å². The van der Waals surface area contributed by atoms with Crippen molar-refractivity contribution in [3.8, 4) is 5.75 Å². The number of hydrogen-bond donors (Lipinski definition) is 2. The van der Waals surface area contributed by atoms with E-state index in [0.29, 0.717) is 23.4 Å². The molecule has 0 aliphatic carbocycles. The molecule has 0 radical (unpaired) electrons. The number of carbonyl (C=O) groups is 3. The first kappa shape index (κ1) is 33.2. The molecule has 3 rings (SSSR count). The summed E-state index contributed by atoms with van der Waals surface area (Å²) in [6.07, 6.45) is 0.121. The molecule has 8 heteroatoms. The first-order valence-electron chi connectivity index (χ1n) is 14.7. The quantitative estimate of drug-likeness (QED) is 0.259. The molecular weight excluding hydrogens is 542 g/mol. The van der Waals surface area contributed by atoms with E-state index in [-0.39, 0.29) is 24.3 Å². The molecule has 0 bridgehead atoms. The van der Waals surface area contributed by atoms with Gasteiger partial charge in [-0.2, -0.15) is 0 Å². The highest BCUT2D eigenvalue weighted by Gasteiger charge is 2.39. The molecule has 0 spiro atoms. The average Bonchev–Trinajstić information content (AvgIpc) is 2.95. The molecule has 2 N–H and O–H groups in total. The Morgan fingerprint density at radius 1 is 0.930 bits per heavy atom. The third kappa shape index (κ3) is 9.33. The van der Waals surface area contributed by atoms with Gasteiger partial charge in [0.05, 0.1) is 7.11 Å². The number of nitrogens with zero attached hydrogens (tertiary/aromatic N) is 1. The maximum absolute atomic E-state index is 14.6. The lowest BCUT2D eigenvalue weighted by Gasteiger charge is -2.39. The minimum absolute atomic E-state index is 0.228. The molecule has 8 nitrogen and oxygen atoms in total. The summed E-state index contributed by atoms with van der Waals surface area (Å²) in [4.78, 5) is 43.5. The highest BCUT2D eigenvalue weighted by molar-refractivity contribution is 5.99. The lowest BCUT2D eigenvalue weighted by molar-refractivity contribution is -0.143. The van der Waals surface area contributed by atoms with Gasteiger partial charge in [0.15, 0.2) is 0 Å². The summed E-state index contributed by atoms with van der Waals surface area (Å²) in [5, 5.41) is 5.82. The summed E-state index contributed by atoms with van der Waals surface area (Å²) in [6.45, 7) is 13.1. The van der Waals surface area contributed by atoms with Crippen LogP contribution in [0.3, 0.4) is 0 Å². The monoisotopic (exact) mass is 587 g/mol. The van der Waals surface area contributed by atoms with Crippen LogP contribution in [0.5, 0.6) is 5.75 Å². The summed E-state index contributed by atoms with van der Waals surface area (Å²) in [5.74, 6) is -0.0716. The molecule has 3 aromatic rings. The van der Waals surface area contributed by atoms with Crippen LogP contribution < -0.4 is 15.4 Å². The smallest absolute Gasteiger partial charge is 0.408 e. The van der Waals surface area contributed by atoms with E-state index in [1.54, 1.807) is 57.0 Å². The zero-order valence-corrected chi connectivity index (χ0v) is 26.6. The largest absolute Gasteiger partial charge is 0.497 e. The third-order valence-corrected chi connectivity index (χ3v) is 7.20.